The number of rotatable bonds is 5. The van der Waals surface area contributed by atoms with Crippen LogP contribution in [0.4, 0.5) is 0 Å². The van der Waals surface area contributed by atoms with Crippen LogP contribution in [0.15, 0.2) is 23.1 Å². The van der Waals surface area contributed by atoms with Crippen LogP contribution in [-0.2, 0) is 14.8 Å². The second-order valence-corrected chi connectivity index (χ2v) is 9.00. The number of hydrogen-bond acceptors (Lipinski definition) is 7. The zero-order valence-electron chi connectivity index (χ0n) is 13.9. The fraction of sp³-hybridized carbons (Fsp3) is 0.625. The number of hydrogen-bond donors (Lipinski definition) is 1. The largest absolute Gasteiger partial charge is 0.380 e. The Morgan fingerprint density at radius 2 is 2.08 bits per heavy atom. The van der Waals surface area contributed by atoms with Crippen LogP contribution in [0.1, 0.15) is 19.3 Å². The lowest BCUT2D eigenvalue weighted by atomic mass is 9.96. The van der Waals surface area contributed by atoms with Crippen molar-refractivity contribution in [1.29, 1.82) is 0 Å². The molecule has 0 radical (unpaired) electrons. The van der Waals surface area contributed by atoms with Crippen LogP contribution in [0.25, 0.3) is 11.0 Å². The molecule has 2 aliphatic rings. The molecule has 136 valence electrons. The molecule has 0 amide bonds. The van der Waals surface area contributed by atoms with Gasteiger partial charge in [0.05, 0.1) is 18.3 Å². The van der Waals surface area contributed by atoms with Gasteiger partial charge in [-0.1, -0.05) is 6.07 Å². The molecule has 2 fully saturated rings. The summed E-state index contributed by atoms with van der Waals surface area (Å²) in [4.78, 5) is 2.71. The summed E-state index contributed by atoms with van der Waals surface area (Å²) in [7, 11) is -3.56. The van der Waals surface area contributed by atoms with Crippen LogP contribution in [0.2, 0.25) is 0 Å². The number of piperidine rings is 1. The molecule has 0 unspecified atom stereocenters. The summed E-state index contributed by atoms with van der Waals surface area (Å²) in [6.45, 7) is 4.22. The quantitative estimate of drug-likeness (QED) is 0.843. The topological polar surface area (TPSA) is 84.4 Å². The SMILES string of the molecule is O=S(=O)(NCC1CCN([C@H]2CCOC2)CC1)c1cccc2nsnc12. The molecule has 0 saturated carbocycles. The molecule has 2 aromatic rings. The number of nitrogens with one attached hydrogen (secondary N) is 1. The average molecular weight is 383 g/mol. The van der Waals surface area contributed by atoms with E-state index in [2.05, 4.69) is 18.4 Å². The van der Waals surface area contributed by atoms with E-state index in [1.54, 1.807) is 18.2 Å². The van der Waals surface area contributed by atoms with Gasteiger partial charge in [0.1, 0.15) is 15.9 Å². The molecule has 1 N–H and O–H groups in total. The summed E-state index contributed by atoms with van der Waals surface area (Å²) in [5.41, 5.74) is 1.08. The fourth-order valence-electron chi connectivity index (χ4n) is 3.64. The maximum atomic E-state index is 12.7. The van der Waals surface area contributed by atoms with Gasteiger partial charge in [0.2, 0.25) is 10.0 Å². The van der Waals surface area contributed by atoms with Gasteiger partial charge >= 0.3 is 0 Å². The van der Waals surface area contributed by atoms with Gasteiger partial charge < -0.3 is 4.74 Å². The maximum absolute atomic E-state index is 12.7. The molecule has 3 heterocycles. The number of ether oxygens (including phenoxy) is 1. The van der Waals surface area contributed by atoms with E-state index >= 15 is 0 Å². The van der Waals surface area contributed by atoms with Gasteiger partial charge in [-0.3, -0.25) is 4.90 Å². The predicted octanol–water partition coefficient (Wildman–Crippen LogP) is 1.47. The van der Waals surface area contributed by atoms with Crippen LogP contribution in [-0.4, -0.2) is 61.0 Å². The van der Waals surface area contributed by atoms with E-state index in [1.807, 2.05) is 0 Å². The summed E-state index contributed by atoms with van der Waals surface area (Å²) in [6.07, 6.45) is 3.14. The summed E-state index contributed by atoms with van der Waals surface area (Å²) in [5, 5.41) is 0. The molecule has 1 aromatic carbocycles. The minimum absolute atomic E-state index is 0.222. The Morgan fingerprint density at radius 3 is 2.84 bits per heavy atom. The van der Waals surface area contributed by atoms with E-state index in [9.17, 15) is 8.42 Å². The number of aromatic nitrogens is 2. The maximum Gasteiger partial charge on any atom is 0.242 e. The molecule has 0 spiro atoms. The molecule has 0 bridgehead atoms. The number of nitrogens with zero attached hydrogens (tertiary/aromatic N) is 3. The molecule has 0 aliphatic carbocycles. The highest BCUT2D eigenvalue weighted by molar-refractivity contribution is 7.89. The second kappa shape index (κ2) is 7.24. The van der Waals surface area contributed by atoms with Gasteiger partial charge in [-0.25, -0.2) is 13.1 Å². The van der Waals surface area contributed by atoms with Crippen molar-refractivity contribution in [2.75, 3.05) is 32.8 Å². The van der Waals surface area contributed by atoms with Crippen molar-refractivity contribution >= 4 is 32.8 Å². The third-order valence-electron chi connectivity index (χ3n) is 5.17. The van der Waals surface area contributed by atoms with Gasteiger partial charge in [-0.2, -0.15) is 8.75 Å². The van der Waals surface area contributed by atoms with Crippen molar-refractivity contribution in [2.24, 2.45) is 5.92 Å². The zero-order valence-corrected chi connectivity index (χ0v) is 15.6. The van der Waals surface area contributed by atoms with E-state index in [1.165, 1.54) is 0 Å². The lowest BCUT2D eigenvalue weighted by molar-refractivity contribution is 0.111. The first-order valence-corrected chi connectivity index (χ1v) is 10.9. The third kappa shape index (κ3) is 3.70. The van der Waals surface area contributed by atoms with Crippen molar-refractivity contribution in [3.05, 3.63) is 18.2 Å². The molecule has 1 atom stereocenters. The Labute approximate surface area is 151 Å². The normalized spacial score (nSPS) is 23.4. The van der Waals surface area contributed by atoms with E-state index in [-0.39, 0.29) is 4.90 Å². The molecule has 25 heavy (non-hydrogen) atoms. The van der Waals surface area contributed by atoms with E-state index < -0.39 is 10.0 Å². The van der Waals surface area contributed by atoms with Crippen molar-refractivity contribution in [1.82, 2.24) is 18.4 Å². The molecule has 2 aliphatic heterocycles. The highest BCUT2D eigenvalue weighted by Gasteiger charge is 2.28. The van der Waals surface area contributed by atoms with Gasteiger partial charge in [-0.15, -0.1) is 0 Å². The van der Waals surface area contributed by atoms with Crippen molar-refractivity contribution in [3.8, 4) is 0 Å². The van der Waals surface area contributed by atoms with E-state index in [4.69, 9.17) is 4.74 Å². The van der Waals surface area contributed by atoms with E-state index in [0.29, 0.717) is 29.5 Å². The molecule has 9 heteroatoms. The smallest absolute Gasteiger partial charge is 0.242 e. The standard InChI is InChI=1S/C16H22N4O3S2/c21-25(22,15-3-1-2-14-16(15)19-24-18-14)17-10-12-4-7-20(8-5-12)13-6-9-23-11-13/h1-3,12-13,17H,4-11H2/t13-/m0/s1. The summed E-state index contributed by atoms with van der Waals surface area (Å²) < 4.78 is 41.8. The highest BCUT2D eigenvalue weighted by Crippen LogP contribution is 2.24. The molecular formula is C16H22N4O3S2. The van der Waals surface area contributed by atoms with Crippen LogP contribution in [0.3, 0.4) is 0 Å². The van der Waals surface area contributed by atoms with Crippen molar-refractivity contribution < 1.29 is 13.2 Å². The zero-order chi connectivity index (χ0) is 17.3. The van der Waals surface area contributed by atoms with Gasteiger partial charge in [0.15, 0.2) is 0 Å². The van der Waals surface area contributed by atoms with E-state index in [0.717, 1.165) is 57.3 Å². The Bertz CT molecular complexity index is 825. The molecule has 1 aromatic heterocycles. The predicted molar refractivity (Wildman–Crippen MR) is 96.1 cm³/mol. The Kier molecular flexibility index (Phi) is 5.01. The highest BCUT2D eigenvalue weighted by atomic mass is 32.2. The van der Waals surface area contributed by atoms with Gasteiger partial charge in [0, 0.05) is 19.2 Å². The van der Waals surface area contributed by atoms with Crippen LogP contribution in [0.5, 0.6) is 0 Å². The Hall–Kier alpha value is -1.13. The fourth-order valence-corrected chi connectivity index (χ4v) is 5.52. The van der Waals surface area contributed by atoms with Crippen LogP contribution < -0.4 is 4.72 Å². The molecule has 7 nitrogen and oxygen atoms in total. The minimum atomic E-state index is -3.56. The monoisotopic (exact) mass is 382 g/mol. The average Bonchev–Trinajstić information content (AvgIpc) is 3.31. The van der Waals surface area contributed by atoms with Crippen LogP contribution >= 0.6 is 11.7 Å². The first-order chi connectivity index (χ1) is 12.1. The van der Waals surface area contributed by atoms with Crippen molar-refractivity contribution in [2.45, 2.75) is 30.2 Å². The summed E-state index contributed by atoms with van der Waals surface area (Å²) in [6, 6.07) is 5.63. The second-order valence-electron chi connectivity index (χ2n) is 6.74. The summed E-state index contributed by atoms with van der Waals surface area (Å²) in [5.74, 6) is 0.376. The number of benzene rings is 1. The minimum Gasteiger partial charge on any atom is -0.380 e. The lowest BCUT2D eigenvalue weighted by Gasteiger charge is -2.35. The number of sulfonamides is 1. The van der Waals surface area contributed by atoms with Crippen molar-refractivity contribution in [3.63, 3.8) is 0 Å². The van der Waals surface area contributed by atoms with Gasteiger partial charge in [-0.05, 0) is 50.4 Å². The number of likely N-dealkylation sites (tertiary alicyclic amines) is 1. The van der Waals surface area contributed by atoms with Crippen LogP contribution in [0, 0.1) is 5.92 Å². The van der Waals surface area contributed by atoms with Gasteiger partial charge in [0.25, 0.3) is 0 Å². The summed E-state index contributed by atoms with van der Waals surface area (Å²) >= 11 is 1.03. The first-order valence-electron chi connectivity index (χ1n) is 8.66. The number of fused-ring (bicyclic) bond motifs is 1. The lowest BCUT2D eigenvalue weighted by Crippen LogP contribution is -2.43. The molecular weight excluding hydrogens is 360 g/mol. The first kappa shape index (κ1) is 17.3. The molecule has 4 rings (SSSR count). The third-order valence-corrected chi connectivity index (χ3v) is 7.17. The Morgan fingerprint density at radius 1 is 1.24 bits per heavy atom. The molecule has 2 saturated heterocycles. The Balaban J connectivity index is 1.36.